The molecule has 0 bridgehead atoms. The maximum absolute atomic E-state index is 13.0. The predicted octanol–water partition coefficient (Wildman–Crippen LogP) is 4.72. The van der Waals surface area contributed by atoms with Crippen molar-refractivity contribution in [1.82, 2.24) is 9.71 Å². The Morgan fingerprint density at radius 1 is 1.17 bits per heavy atom. The number of hydrogen-bond donors (Lipinski definition) is 1. The van der Waals surface area contributed by atoms with E-state index in [2.05, 4.69) is 9.71 Å². The molecule has 0 amide bonds. The van der Waals surface area contributed by atoms with Crippen molar-refractivity contribution >= 4 is 50.0 Å². The molecule has 2 aromatic rings. The molecule has 0 spiro atoms. The van der Waals surface area contributed by atoms with E-state index in [-0.39, 0.29) is 16.0 Å². The number of aromatic nitrogens is 1. The standard InChI is InChI=1S/C20H24Cl2N2O4S/c1-20(2,3)28-19(25)14-6-4-5-7-17(14)24-29(26,27)12-8-9-13-15(10-12)18(22)23-11-16(13)21/h8-11,14,17,24H,4-7H2,1-3H3/t14-,17+/m1/s1. The summed E-state index contributed by atoms with van der Waals surface area (Å²) in [4.78, 5) is 16.6. The minimum absolute atomic E-state index is 0.0458. The lowest BCUT2D eigenvalue weighted by Crippen LogP contribution is -2.46. The van der Waals surface area contributed by atoms with Gasteiger partial charge in [0.25, 0.3) is 0 Å². The number of ether oxygens (including phenoxy) is 1. The molecular formula is C20H24Cl2N2O4S. The number of fused-ring (bicyclic) bond motifs is 1. The van der Waals surface area contributed by atoms with E-state index in [1.807, 2.05) is 0 Å². The normalized spacial score (nSPS) is 20.6. The molecule has 1 saturated carbocycles. The van der Waals surface area contributed by atoms with Crippen LogP contribution in [-0.4, -0.2) is 31.0 Å². The van der Waals surface area contributed by atoms with Crippen molar-refractivity contribution in [3.63, 3.8) is 0 Å². The predicted molar refractivity (Wildman–Crippen MR) is 114 cm³/mol. The second-order valence-corrected chi connectivity index (χ2v) is 10.7. The van der Waals surface area contributed by atoms with Crippen molar-refractivity contribution in [3.05, 3.63) is 34.6 Å². The molecule has 0 radical (unpaired) electrons. The van der Waals surface area contributed by atoms with E-state index in [4.69, 9.17) is 27.9 Å². The Bertz CT molecular complexity index is 1030. The summed E-state index contributed by atoms with van der Waals surface area (Å²) >= 11 is 12.2. The van der Waals surface area contributed by atoms with Crippen molar-refractivity contribution in [3.8, 4) is 0 Å². The fourth-order valence-electron chi connectivity index (χ4n) is 3.52. The zero-order chi connectivity index (χ0) is 21.4. The molecule has 0 unspecified atom stereocenters. The van der Waals surface area contributed by atoms with Crippen LogP contribution in [0.1, 0.15) is 46.5 Å². The molecule has 3 rings (SSSR count). The van der Waals surface area contributed by atoms with E-state index in [1.165, 1.54) is 18.3 Å². The lowest BCUT2D eigenvalue weighted by Gasteiger charge is -2.32. The van der Waals surface area contributed by atoms with Gasteiger partial charge in [-0.15, -0.1) is 0 Å². The number of halogens is 2. The summed E-state index contributed by atoms with van der Waals surface area (Å²) in [6.45, 7) is 5.39. The van der Waals surface area contributed by atoms with E-state index in [0.717, 1.165) is 12.8 Å². The highest BCUT2D eigenvalue weighted by molar-refractivity contribution is 7.89. The third-order valence-corrected chi connectivity index (χ3v) is 6.94. The van der Waals surface area contributed by atoms with Gasteiger partial charge in [0, 0.05) is 23.0 Å². The summed E-state index contributed by atoms with van der Waals surface area (Å²) in [6.07, 6.45) is 4.29. The quantitative estimate of drug-likeness (QED) is 0.528. The molecule has 1 aliphatic rings. The lowest BCUT2D eigenvalue weighted by molar-refractivity contribution is -0.161. The molecule has 1 aromatic heterocycles. The average Bonchev–Trinajstić information content (AvgIpc) is 2.63. The molecule has 0 aliphatic heterocycles. The SMILES string of the molecule is CC(C)(C)OC(=O)[C@@H]1CCCC[C@@H]1NS(=O)(=O)c1ccc2c(Cl)cnc(Cl)c2c1. The number of esters is 1. The van der Waals surface area contributed by atoms with Gasteiger partial charge in [0.05, 0.1) is 15.8 Å². The van der Waals surface area contributed by atoms with Crippen molar-refractivity contribution in [2.24, 2.45) is 5.92 Å². The monoisotopic (exact) mass is 458 g/mol. The van der Waals surface area contributed by atoms with Crippen molar-refractivity contribution in [2.75, 3.05) is 0 Å². The molecule has 9 heteroatoms. The van der Waals surface area contributed by atoms with Gasteiger partial charge in [-0.1, -0.05) is 42.1 Å². The number of nitrogens with one attached hydrogen (secondary N) is 1. The highest BCUT2D eigenvalue weighted by atomic mass is 35.5. The van der Waals surface area contributed by atoms with Gasteiger partial charge < -0.3 is 4.74 Å². The van der Waals surface area contributed by atoms with Crippen LogP contribution in [0.25, 0.3) is 10.8 Å². The van der Waals surface area contributed by atoms with E-state index in [0.29, 0.717) is 28.6 Å². The molecule has 0 saturated heterocycles. The zero-order valence-electron chi connectivity index (χ0n) is 16.5. The van der Waals surface area contributed by atoms with Gasteiger partial charge in [0.1, 0.15) is 10.8 Å². The first-order chi connectivity index (χ1) is 13.5. The molecule has 1 fully saturated rings. The number of carbonyl (C=O) groups is 1. The number of carbonyl (C=O) groups excluding carboxylic acids is 1. The van der Waals surface area contributed by atoms with Crippen LogP contribution in [0.2, 0.25) is 10.2 Å². The first-order valence-corrected chi connectivity index (χ1v) is 11.7. The number of benzene rings is 1. The van der Waals surface area contributed by atoms with E-state index >= 15 is 0 Å². The van der Waals surface area contributed by atoms with Crippen LogP contribution in [0.5, 0.6) is 0 Å². The van der Waals surface area contributed by atoms with Gasteiger partial charge in [0.2, 0.25) is 10.0 Å². The van der Waals surface area contributed by atoms with Crippen LogP contribution < -0.4 is 4.72 Å². The molecule has 6 nitrogen and oxygen atoms in total. The number of nitrogens with zero attached hydrogens (tertiary/aromatic N) is 1. The van der Waals surface area contributed by atoms with Gasteiger partial charge in [-0.2, -0.15) is 0 Å². The summed E-state index contributed by atoms with van der Waals surface area (Å²) < 4.78 is 34.3. The Labute approximate surface area is 181 Å². The van der Waals surface area contributed by atoms with Gasteiger partial charge >= 0.3 is 5.97 Å². The summed E-state index contributed by atoms with van der Waals surface area (Å²) in [5.41, 5.74) is -0.626. The molecule has 1 N–H and O–H groups in total. The average molecular weight is 459 g/mol. The fourth-order valence-corrected chi connectivity index (χ4v) is 5.28. The molecular weight excluding hydrogens is 435 g/mol. The third-order valence-electron chi connectivity index (χ3n) is 4.85. The summed E-state index contributed by atoms with van der Waals surface area (Å²) in [7, 11) is -3.88. The number of rotatable bonds is 4. The summed E-state index contributed by atoms with van der Waals surface area (Å²) in [6, 6.07) is 4.00. The molecule has 1 aromatic carbocycles. The van der Waals surface area contributed by atoms with E-state index in [9.17, 15) is 13.2 Å². The Morgan fingerprint density at radius 3 is 2.55 bits per heavy atom. The number of sulfonamides is 1. The minimum Gasteiger partial charge on any atom is -0.460 e. The van der Waals surface area contributed by atoms with Crippen LogP contribution >= 0.6 is 23.2 Å². The molecule has 1 aliphatic carbocycles. The lowest BCUT2D eigenvalue weighted by atomic mass is 9.85. The van der Waals surface area contributed by atoms with Crippen LogP contribution in [-0.2, 0) is 19.6 Å². The Balaban J connectivity index is 1.88. The van der Waals surface area contributed by atoms with Crippen molar-refractivity contribution in [1.29, 1.82) is 0 Å². The Morgan fingerprint density at radius 2 is 1.86 bits per heavy atom. The van der Waals surface area contributed by atoms with Crippen LogP contribution in [0.4, 0.5) is 0 Å². The van der Waals surface area contributed by atoms with Crippen LogP contribution in [0, 0.1) is 5.92 Å². The van der Waals surface area contributed by atoms with Gasteiger partial charge in [0.15, 0.2) is 0 Å². The Kier molecular flexibility index (Phi) is 6.44. The van der Waals surface area contributed by atoms with Gasteiger partial charge in [-0.05, 0) is 45.7 Å². The van der Waals surface area contributed by atoms with Crippen LogP contribution in [0.3, 0.4) is 0 Å². The van der Waals surface area contributed by atoms with Crippen LogP contribution in [0.15, 0.2) is 29.3 Å². The number of pyridine rings is 1. The molecule has 29 heavy (non-hydrogen) atoms. The second-order valence-electron chi connectivity index (χ2n) is 8.26. The maximum Gasteiger partial charge on any atom is 0.311 e. The van der Waals surface area contributed by atoms with Gasteiger partial charge in [-0.3, -0.25) is 4.79 Å². The molecule has 158 valence electrons. The fraction of sp³-hybridized carbons (Fsp3) is 0.500. The van der Waals surface area contributed by atoms with E-state index < -0.39 is 27.6 Å². The van der Waals surface area contributed by atoms with Gasteiger partial charge in [-0.25, -0.2) is 18.1 Å². The maximum atomic E-state index is 13.0. The molecule has 2 atom stereocenters. The minimum atomic E-state index is -3.88. The highest BCUT2D eigenvalue weighted by Gasteiger charge is 2.36. The summed E-state index contributed by atoms with van der Waals surface area (Å²) in [5, 5.41) is 1.63. The smallest absolute Gasteiger partial charge is 0.311 e. The Hall–Kier alpha value is -1.41. The topological polar surface area (TPSA) is 85.4 Å². The molecule has 1 heterocycles. The highest BCUT2D eigenvalue weighted by Crippen LogP contribution is 2.31. The number of hydrogen-bond acceptors (Lipinski definition) is 5. The first kappa shape index (κ1) is 22.3. The summed E-state index contributed by atoms with van der Waals surface area (Å²) in [5.74, 6) is -0.889. The zero-order valence-corrected chi connectivity index (χ0v) is 18.9. The largest absolute Gasteiger partial charge is 0.460 e. The third kappa shape index (κ3) is 5.20. The van der Waals surface area contributed by atoms with Crippen molar-refractivity contribution in [2.45, 2.75) is 63.0 Å². The van der Waals surface area contributed by atoms with E-state index in [1.54, 1.807) is 26.8 Å². The first-order valence-electron chi connectivity index (χ1n) is 9.47. The van der Waals surface area contributed by atoms with Crippen molar-refractivity contribution < 1.29 is 17.9 Å². The second kappa shape index (κ2) is 8.38.